The number of rotatable bonds is 0. The monoisotopic (exact) mass is 258 g/mol. The quantitative estimate of drug-likeness (QED) is 0.714. The van der Waals surface area contributed by atoms with Gasteiger partial charge in [-0.1, -0.05) is 17.7 Å². The van der Waals surface area contributed by atoms with Crippen molar-refractivity contribution >= 4 is 11.6 Å². The maximum Gasteiger partial charge on any atom is 0.224 e. The first-order chi connectivity index (χ1) is 9.08. The van der Waals surface area contributed by atoms with Crippen LogP contribution in [0.25, 0.3) is 0 Å². The van der Waals surface area contributed by atoms with Crippen molar-refractivity contribution in [1.29, 1.82) is 0 Å². The van der Waals surface area contributed by atoms with Crippen LogP contribution in [-0.2, 0) is 4.79 Å². The molecular formula is C16H22N2O. The maximum atomic E-state index is 12.1. The Morgan fingerprint density at radius 3 is 2.89 bits per heavy atom. The van der Waals surface area contributed by atoms with E-state index in [2.05, 4.69) is 37.1 Å². The molecule has 2 aliphatic heterocycles. The van der Waals surface area contributed by atoms with E-state index in [9.17, 15) is 4.79 Å². The molecular weight excluding hydrogens is 236 g/mol. The summed E-state index contributed by atoms with van der Waals surface area (Å²) in [4.78, 5) is 16.5. The predicted molar refractivity (Wildman–Crippen MR) is 77.6 cm³/mol. The molecule has 0 aromatic heterocycles. The average Bonchev–Trinajstić information content (AvgIpc) is 2.51. The Kier molecular flexibility index (Phi) is 3.09. The van der Waals surface area contributed by atoms with E-state index in [1.54, 1.807) is 6.92 Å². The summed E-state index contributed by atoms with van der Waals surface area (Å²) in [6, 6.07) is 6.87. The fraction of sp³-hybridized carbons (Fsp3) is 0.562. The molecule has 0 N–H and O–H groups in total. The van der Waals surface area contributed by atoms with Gasteiger partial charge in [-0.15, -0.1) is 0 Å². The number of likely N-dealkylation sites (tertiary alicyclic amines) is 1. The molecule has 102 valence electrons. The van der Waals surface area contributed by atoms with Gasteiger partial charge in [-0.05, 0) is 45.0 Å². The van der Waals surface area contributed by atoms with Crippen molar-refractivity contribution in [2.24, 2.45) is 0 Å². The Labute approximate surface area is 115 Å². The first kappa shape index (κ1) is 12.7. The van der Waals surface area contributed by atoms with Gasteiger partial charge in [0.1, 0.15) is 0 Å². The largest absolute Gasteiger partial charge is 0.309 e. The summed E-state index contributed by atoms with van der Waals surface area (Å²) >= 11 is 0. The summed E-state index contributed by atoms with van der Waals surface area (Å²) < 4.78 is 0. The molecule has 0 unspecified atom stereocenters. The van der Waals surface area contributed by atoms with Gasteiger partial charge in [0.25, 0.3) is 0 Å². The van der Waals surface area contributed by atoms with Crippen molar-refractivity contribution in [2.45, 2.75) is 38.6 Å². The molecule has 0 spiro atoms. The Morgan fingerprint density at radius 2 is 2.16 bits per heavy atom. The lowest BCUT2D eigenvalue weighted by molar-refractivity contribution is -0.117. The molecule has 2 heterocycles. The van der Waals surface area contributed by atoms with Gasteiger partial charge in [-0.25, -0.2) is 0 Å². The van der Waals surface area contributed by atoms with Crippen molar-refractivity contribution < 1.29 is 4.79 Å². The zero-order valence-corrected chi connectivity index (χ0v) is 12.0. The molecule has 1 aromatic carbocycles. The Morgan fingerprint density at radius 1 is 1.37 bits per heavy atom. The van der Waals surface area contributed by atoms with Gasteiger partial charge in [-0.2, -0.15) is 0 Å². The number of amides is 1. The number of hydrogen-bond acceptors (Lipinski definition) is 2. The van der Waals surface area contributed by atoms with E-state index >= 15 is 0 Å². The average molecular weight is 258 g/mol. The maximum absolute atomic E-state index is 12.1. The summed E-state index contributed by atoms with van der Waals surface area (Å²) in [6.45, 7) is 6.03. The molecule has 0 saturated carbocycles. The topological polar surface area (TPSA) is 23.6 Å². The summed E-state index contributed by atoms with van der Waals surface area (Å²) in [5.74, 6) is 0.661. The normalized spacial score (nSPS) is 26.8. The zero-order chi connectivity index (χ0) is 13.6. The van der Waals surface area contributed by atoms with Crippen LogP contribution in [0.2, 0.25) is 0 Å². The highest BCUT2D eigenvalue weighted by Gasteiger charge is 2.41. The Balaban J connectivity index is 2.08. The van der Waals surface area contributed by atoms with E-state index in [1.165, 1.54) is 17.5 Å². The Bertz CT molecular complexity index is 511. The number of aryl methyl sites for hydroxylation is 1. The number of carbonyl (C=O) groups is 1. The molecule has 3 heteroatoms. The first-order valence-corrected chi connectivity index (χ1v) is 7.17. The lowest BCUT2D eigenvalue weighted by atomic mass is 9.92. The van der Waals surface area contributed by atoms with Crippen molar-refractivity contribution in [3.8, 4) is 0 Å². The van der Waals surface area contributed by atoms with Gasteiger partial charge >= 0.3 is 0 Å². The van der Waals surface area contributed by atoms with Crippen molar-refractivity contribution in [3.05, 3.63) is 29.3 Å². The summed E-state index contributed by atoms with van der Waals surface area (Å²) in [7, 11) is 2.19. The number of benzene rings is 1. The second-order valence-corrected chi connectivity index (χ2v) is 6.03. The van der Waals surface area contributed by atoms with E-state index < -0.39 is 0 Å². The lowest BCUT2D eigenvalue weighted by Crippen LogP contribution is -2.38. The van der Waals surface area contributed by atoms with E-state index in [0.29, 0.717) is 12.0 Å². The standard InChI is InChI=1S/C16H22N2O/c1-11-6-7-16-13(9-11)14-10-17(3)8-4-5-15(14)18(16)12(2)19/h6-7,9,14-15H,4-5,8,10H2,1-3H3/t14-,15+/m1/s1. The second kappa shape index (κ2) is 4.64. The number of fused-ring (bicyclic) bond motifs is 3. The zero-order valence-electron chi connectivity index (χ0n) is 12.0. The van der Waals surface area contributed by atoms with Crippen LogP contribution in [0.5, 0.6) is 0 Å². The Hall–Kier alpha value is -1.35. The van der Waals surface area contributed by atoms with Gasteiger partial charge in [-0.3, -0.25) is 4.79 Å². The van der Waals surface area contributed by atoms with Crippen LogP contribution in [-0.4, -0.2) is 37.0 Å². The molecule has 1 saturated heterocycles. The van der Waals surface area contributed by atoms with Crippen LogP contribution in [0.15, 0.2) is 18.2 Å². The molecule has 3 rings (SSSR count). The summed E-state index contributed by atoms with van der Waals surface area (Å²) in [6.07, 6.45) is 2.29. The van der Waals surface area contributed by atoms with E-state index in [0.717, 1.165) is 25.2 Å². The molecule has 1 fully saturated rings. The van der Waals surface area contributed by atoms with Crippen LogP contribution < -0.4 is 4.90 Å². The van der Waals surface area contributed by atoms with Crippen molar-refractivity contribution in [3.63, 3.8) is 0 Å². The molecule has 3 nitrogen and oxygen atoms in total. The van der Waals surface area contributed by atoms with Gasteiger partial charge in [0.05, 0.1) is 0 Å². The highest BCUT2D eigenvalue weighted by atomic mass is 16.2. The van der Waals surface area contributed by atoms with Gasteiger partial charge in [0, 0.05) is 31.1 Å². The van der Waals surface area contributed by atoms with Crippen LogP contribution >= 0.6 is 0 Å². The number of hydrogen-bond donors (Lipinski definition) is 0. The summed E-state index contributed by atoms with van der Waals surface area (Å²) in [5, 5.41) is 0. The first-order valence-electron chi connectivity index (χ1n) is 7.17. The third kappa shape index (κ3) is 2.06. The molecule has 2 aliphatic rings. The third-order valence-electron chi connectivity index (χ3n) is 4.53. The lowest BCUT2D eigenvalue weighted by Gasteiger charge is -2.26. The summed E-state index contributed by atoms with van der Waals surface area (Å²) in [5.41, 5.74) is 3.80. The highest BCUT2D eigenvalue weighted by molar-refractivity contribution is 5.95. The molecule has 0 aliphatic carbocycles. The molecule has 1 amide bonds. The van der Waals surface area contributed by atoms with Gasteiger partial charge in [0.2, 0.25) is 5.91 Å². The molecule has 0 bridgehead atoms. The fourth-order valence-corrected chi connectivity index (χ4v) is 3.71. The highest BCUT2D eigenvalue weighted by Crippen LogP contribution is 2.44. The molecule has 19 heavy (non-hydrogen) atoms. The van der Waals surface area contributed by atoms with Gasteiger partial charge < -0.3 is 9.80 Å². The number of carbonyl (C=O) groups excluding carboxylic acids is 1. The molecule has 2 atom stereocenters. The molecule has 0 radical (unpaired) electrons. The number of likely N-dealkylation sites (N-methyl/N-ethyl adjacent to an activating group) is 1. The van der Waals surface area contributed by atoms with Crippen molar-refractivity contribution in [1.82, 2.24) is 4.90 Å². The van der Waals surface area contributed by atoms with E-state index in [1.807, 2.05) is 4.90 Å². The minimum Gasteiger partial charge on any atom is -0.309 e. The second-order valence-electron chi connectivity index (χ2n) is 6.03. The minimum atomic E-state index is 0.183. The van der Waals surface area contributed by atoms with E-state index in [-0.39, 0.29) is 5.91 Å². The third-order valence-corrected chi connectivity index (χ3v) is 4.53. The number of nitrogens with zero attached hydrogens (tertiary/aromatic N) is 2. The fourth-order valence-electron chi connectivity index (χ4n) is 3.71. The molecule has 1 aromatic rings. The van der Waals surface area contributed by atoms with E-state index in [4.69, 9.17) is 0 Å². The number of anilines is 1. The van der Waals surface area contributed by atoms with Gasteiger partial charge in [0.15, 0.2) is 0 Å². The van der Waals surface area contributed by atoms with Crippen LogP contribution in [0, 0.1) is 6.92 Å². The van der Waals surface area contributed by atoms with Crippen LogP contribution in [0.3, 0.4) is 0 Å². The predicted octanol–water partition coefficient (Wildman–Crippen LogP) is 2.54. The smallest absolute Gasteiger partial charge is 0.224 e. The minimum absolute atomic E-state index is 0.183. The van der Waals surface area contributed by atoms with Crippen molar-refractivity contribution in [2.75, 3.05) is 25.0 Å². The van der Waals surface area contributed by atoms with Crippen LogP contribution in [0.1, 0.15) is 36.8 Å². The van der Waals surface area contributed by atoms with Crippen LogP contribution in [0.4, 0.5) is 5.69 Å². The SMILES string of the molecule is CC(=O)N1c2ccc(C)cc2[C@H]2CN(C)CCC[C@@H]21.